The Morgan fingerprint density at radius 1 is 1.65 bits per heavy atom. The van der Waals surface area contributed by atoms with Crippen LogP contribution >= 0.6 is 11.6 Å². The number of nitrogens with zero attached hydrogens (tertiary/aromatic N) is 2. The summed E-state index contributed by atoms with van der Waals surface area (Å²) in [4.78, 5) is 20.2. The molecule has 1 aliphatic heterocycles. The monoisotopic (exact) mass is 256 g/mol. The van der Waals surface area contributed by atoms with Crippen molar-refractivity contribution < 1.29 is 0 Å². The zero-order chi connectivity index (χ0) is 12.4. The fourth-order valence-corrected chi connectivity index (χ4v) is 2.26. The first-order chi connectivity index (χ1) is 8.08. The molecule has 0 spiro atoms. The predicted octanol–water partition coefficient (Wildman–Crippen LogP) is 1.32. The van der Waals surface area contributed by atoms with Gasteiger partial charge >= 0.3 is 0 Å². The lowest BCUT2D eigenvalue weighted by Gasteiger charge is -2.35. The minimum Gasteiger partial charge on any atom is -0.366 e. The molecular weight excluding hydrogens is 240 g/mol. The molecule has 94 valence electrons. The largest absolute Gasteiger partial charge is 0.366 e. The molecule has 2 atom stereocenters. The predicted molar refractivity (Wildman–Crippen MR) is 68.6 cm³/mol. The zero-order valence-corrected chi connectivity index (χ0v) is 10.8. The third-order valence-electron chi connectivity index (χ3n) is 3.35. The van der Waals surface area contributed by atoms with Gasteiger partial charge in [-0.3, -0.25) is 4.79 Å². The number of hydrogen-bond donors (Lipinski definition) is 2. The second-order valence-electron chi connectivity index (χ2n) is 4.59. The van der Waals surface area contributed by atoms with E-state index in [1.54, 1.807) is 0 Å². The van der Waals surface area contributed by atoms with Crippen molar-refractivity contribution in [3.8, 4) is 0 Å². The molecule has 1 saturated heterocycles. The van der Waals surface area contributed by atoms with Crippen molar-refractivity contribution in [2.45, 2.75) is 31.8 Å². The normalized spacial score (nSPS) is 25.8. The highest BCUT2D eigenvalue weighted by Gasteiger charge is 2.23. The molecule has 0 radical (unpaired) electrons. The van der Waals surface area contributed by atoms with E-state index in [4.69, 9.17) is 11.6 Å². The minimum atomic E-state index is -0.301. The highest BCUT2D eigenvalue weighted by molar-refractivity contribution is 6.32. The van der Waals surface area contributed by atoms with Crippen molar-refractivity contribution in [2.75, 3.05) is 18.9 Å². The lowest BCUT2D eigenvalue weighted by molar-refractivity contribution is 0.190. The molecule has 2 N–H and O–H groups in total. The Kier molecular flexibility index (Phi) is 3.69. The Morgan fingerprint density at radius 3 is 3.12 bits per heavy atom. The van der Waals surface area contributed by atoms with Crippen LogP contribution in [0.2, 0.25) is 5.02 Å². The molecule has 0 bridgehead atoms. The summed E-state index contributed by atoms with van der Waals surface area (Å²) in [7, 11) is 2.12. The molecule has 1 aromatic rings. The number of hydrogen-bond acceptors (Lipinski definition) is 4. The number of nitrogens with one attached hydrogen (secondary N) is 2. The summed E-state index contributed by atoms with van der Waals surface area (Å²) in [6.07, 6.45) is 3.43. The highest BCUT2D eigenvalue weighted by atomic mass is 35.5. The second kappa shape index (κ2) is 5.06. The summed E-state index contributed by atoms with van der Waals surface area (Å²) < 4.78 is 0. The molecule has 2 heterocycles. The van der Waals surface area contributed by atoms with Crippen LogP contribution in [0.4, 0.5) is 5.82 Å². The maximum Gasteiger partial charge on any atom is 0.271 e. The summed E-state index contributed by atoms with van der Waals surface area (Å²) >= 11 is 5.90. The molecule has 17 heavy (non-hydrogen) atoms. The maximum absolute atomic E-state index is 11.3. The average Bonchev–Trinajstić information content (AvgIpc) is 2.30. The molecule has 0 saturated carbocycles. The third kappa shape index (κ3) is 2.79. The molecule has 6 heteroatoms. The third-order valence-corrected chi connectivity index (χ3v) is 3.70. The van der Waals surface area contributed by atoms with Crippen LogP contribution in [0.25, 0.3) is 0 Å². The van der Waals surface area contributed by atoms with E-state index in [2.05, 4.69) is 34.2 Å². The van der Waals surface area contributed by atoms with E-state index in [1.165, 1.54) is 6.33 Å². The van der Waals surface area contributed by atoms with Crippen LogP contribution in [0.15, 0.2) is 11.1 Å². The van der Waals surface area contributed by atoms with Gasteiger partial charge in [0.25, 0.3) is 5.56 Å². The van der Waals surface area contributed by atoms with Crippen LogP contribution < -0.4 is 10.9 Å². The van der Waals surface area contributed by atoms with Crippen molar-refractivity contribution in [1.82, 2.24) is 14.9 Å². The summed E-state index contributed by atoms with van der Waals surface area (Å²) in [6.45, 7) is 3.24. The first kappa shape index (κ1) is 12.4. The van der Waals surface area contributed by atoms with Crippen molar-refractivity contribution in [3.63, 3.8) is 0 Å². The molecule has 2 unspecified atom stereocenters. The first-order valence-electron chi connectivity index (χ1n) is 5.78. The van der Waals surface area contributed by atoms with E-state index in [0.717, 1.165) is 19.4 Å². The van der Waals surface area contributed by atoms with Crippen LogP contribution in [0.1, 0.15) is 19.8 Å². The van der Waals surface area contributed by atoms with Crippen molar-refractivity contribution in [1.29, 1.82) is 0 Å². The molecule has 0 amide bonds. The number of H-pyrrole nitrogens is 1. The number of aromatic nitrogens is 2. The van der Waals surface area contributed by atoms with Gasteiger partial charge in [0.2, 0.25) is 0 Å². The van der Waals surface area contributed by atoms with Crippen LogP contribution in [0.3, 0.4) is 0 Å². The lowest BCUT2D eigenvalue weighted by Crippen LogP contribution is -2.42. The lowest BCUT2D eigenvalue weighted by atomic mass is 9.99. The SMILES string of the molecule is CC1CC(Nc2nc[nH]c(=O)c2Cl)CCN1C. The van der Waals surface area contributed by atoms with Crippen molar-refractivity contribution in [3.05, 3.63) is 21.7 Å². The zero-order valence-electron chi connectivity index (χ0n) is 10.0. The Bertz CT molecular complexity index is 447. The van der Waals surface area contributed by atoms with Gasteiger partial charge in [0.05, 0.1) is 6.33 Å². The fraction of sp³-hybridized carbons (Fsp3) is 0.636. The Morgan fingerprint density at radius 2 is 2.41 bits per heavy atom. The summed E-state index contributed by atoms with van der Waals surface area (Å²) in [5, 5.41) is 3.39. The van der Waals surface area contributed by atoms with Gasteiger partial charge in [-0.1, -0.05) is 11.6 Å². The molecule has 1 fully saturated rings. The van der Waals surface area contributed by atoms with E-state index >= 15 is 0 Å². The van der Waals surface area contributed by atoms with E-state index < -0.39 is 0 Å². The Labute approximate surface area is 105 Å². The first-order valence-corrected chi connectivity index (χ1v) is 6.15. The molecule has 1 aromatic heterocycles. The van der Waals surface area contributed by atoms with Gasteiger partial charge in [-0.05, 0) is 26.8 Å². The number of halogens is 1. The molecule has 1 aliphatic rings. The average molecular weight is 257 g/mol. The van der Waals surface area contributed by atoms with E-state index in [-0.39, 0.29) is 10.6 Å². The van der Waals surface area contributed by atoms with E-state index in [1.807, 2.05) is 0 Å². The molecule has 5 nitrogen and oxygen atoms in total. The number of aromatic amines is 1. The van der Waals surface area contributed by atoms with E-state index in [0.29, 0.717) is 17.9 Å². The number of anilines is 1. The van der Waals surface area contributed by atoms with Crippen LogP contribution in [-0.2, 0) is 0 Å². The topological polar surface area (TPSA) is 61.0 Å². The summed E-state index contributed by atoms with van der Waals surface area (Å²) in [6, 6.07) is 0.857. The van der Waals surface area contributed by atoms with Crippen molar-refractivity contribution >= 4 is 17.4 Å². The molecular formula is C11H17ClN4O. The van der Waals surface area contributed by atoms with Crippen molar-refractivity contribution in [2.24, 2.45) is 0 Å². The summed E-state index contributed by atoms with van der Waals surface area (Å²) in [5.74, 6) is 0.483. The summed E-state index contributed by atoms with van der Waals surface area (Å²) in [5.41, 5.74) is -0.301. The smallest absolute Gasteiger partial charge is 0.271 e. The van der Waals surface area contributed by atoms with Crippen LogP contribution in [-0.4, -0.2) is 40.5 Å². The minimum absolute atomic E-state index is 0.138. The van der Waals surface area contributed by atoms with Gasteiger partial charge in [-0.25, -0.2) is 4.98 Å². The van der Waals surface area contributed by atoms with Crippen LogP contribution in [0.5, 0.6) is 0 Å². The quantitative estimate of drug-likeness (QED) is 0.838. The van der Waals surface area contributed by atoms with Gasteiger partial charge in [-0.15, -0.1) is 0 Å². The maximum atomic E-state index is 11.3. The Hall–Kier alpha value is -1.07. The number of rotatable bonds is 2. The van der Waals surface area contributed by atoms with Gasteiger partial charge in [0, 0.05) is 18.6 Å². The fourth-order valence-electron chi connectivity index (χ4n) is 2.10. The standard InChI is InChI=1S/C11H17ClN4O/c1-7-5-8(3-4-16(7)2)15-10-9(12)11(17)14-6-13-10/h6-8H,3-5H2,1-2H3,(H2,13,14,15,17). The molecule has 2 rings (SSSR count). The van der Waals surface area contributed by atoms with Gasteiger partial charge < -0.3 is 15.2 Å². The van der Waals surface area contributed by atoms with Gasteiger partial charge in [0.1, 0.15) is 5.02 Å². The van der Waals surface area contributed by atoms with Gasteiger partial charge in [-0.2, -0.15) is 0 Å². The number of piperidine rings is 1. The van der Waals surface area contributed by atoms with Crippen LogP contribution in [0, 0.1) is 0 Å². The molecule has 0 aliphatic carbocycles. The highest BCUT2D eigenvalue weighted by Crippen LogP contribution is 2.21. The Balaban J connectivity index is 2.06. The second-order valence-corrected chi connectivity index (χ2v) is 4.97. The molecule has 0 aromatic carbocycles. The number of likely N-dealkylation sites (tertiary alicyclic amines) is 1. The van der Waals surface area contributed by atoms with E-state index in [9.17, 15) is 4.79 Å². The van der Waals surface area contributed by atoms with Gasteiger partial charge in [0.15, 0.2) is 5.82 Å².